The average Bonchev–Trinajstić information content (AvgIpc) is 3.46. The van der Waals surface area contributed by atoms with Crippen LogP contribution in [0.2, 0.25) is 4.34 Å². The molecule has 160 valence electrons. The van der Waals surface area contributed by atoms with Gasteiger partial charge in [0.05, 0.1) is 18.6 Å². The van der Waals surface area contributed by atoms with Crippen LogP contribution in [0.3, 0.4) is 0 Å². The minimum atomic E-state index is -3.80. The number of thiophene rings is 1. The van der Waals surface area contributed by atoms with Crippen LogP contribution in [0.5, 0.6) is 11.5 Å². The minimum absolute atomic E-state index is 0.127. The summed E-state index contributed by atoms with van der Waals surface area (Å²) in [6, 6.07) is 5.69. The molecule has 12 heteroatoms. The Morgan fingerprint density at radius 2 is 1.93 bits per heavy atom. The predicted octanol–water partition coefficient (Wildman–Crippen LogP) is 3.82. The summed E-state index contributed by atoms with van der Waals surface area (Å²) >= 11 is 8.11. The van der Waals surface area contributed by atoms with E-state index in [9.17, 15) is 13.2 Å². The van der Waals surface area contributed by atoms with E-state index < -0.39 is 22.0 Å². The first-order valence-corrected chi connectivity index (χ1v) is 12.4. The lowest BCUT2D eigenvalue weighted by molar-refractivity contribution is -0.119. The van der Waals surface area contributed by atoms with Crippen molar-refractivity contribution in [3.63, 3.8) is 0 Å². The lowest BCUT2D eigenvalue weighted by Gasteiger charge is -2.22. The zero-order valence-electron chi connectivity index (χ0n) is 16.0. The predicted molar refractivity (Wildman–Crippen MR) is 118 cm³/mol. The first-order chi connectivity index (χ1) is 14.3. The summed E-state index contributed by atoms with van der Waals surface area (Å²) < 4.78 is 39.1. The molecular weight excluding hydrogens is 470 g/mol. The van der Waals surface area contributed by atoms with E-state index in [2.05, 4.69) is 10.3 Å². The van der Waals surface area contributed by atoms with Crippen molar-refractivity contribution < 1.29 is 22.7 Å². The molecule has 1 aliphatic heterocycles. The van der Waals surface area contributed by atoms with Gasteiger partial charge in [0.1, 0.15) is 32.0 Å². The number of methoxy groups -OCH3 is 2. The van der Waals surface area contributed by atoms with Crippen molar-refractivity contribution in [2.24, 2.45) is 0 Å². The van der Waals surface area contributed by atoms with E-state index in [0.717, 1.165) is 16.0 Å². The standard InChI is InChI=1S/C18H18ClN3O5S3/c1-26-11-5-6-12(27-2)16-15(11)20-18(29-16)21-17(23)10-4-3-9-22(10)30(24,25)14-8-7-13(19)28-14/h5-8,10H,3-4,9H2,1-2H3,(H,20,21,23)/t10-/m0/s1. The van der Waals surface area contributed by atoms with E-state index in [1.165, 1.54) is 34.9 Å². The van der Waals surface area contributed by atoms with Gasteiger partial charge >= 0.3 is 0 Å². The van der Waals surface area contributed by atoms with Crippen molar-refractivity contribution in [3.8, 4) is 11.5 Å². The molecular formula is C18H18ClN3O5S3. The van der Waals surface area contributed by atoms with Gasteiger partial charge in [-0.1, -0.05) is 22.9 Å². The van der Waals surface area contributed by atoms with Crippen LogP contribution in [-0.2, 0) is 14.8 Å². The fourth-order valence-corrected chi connectivity index (χ4v) is 7.61. The maximum absolute atomic E-state index is 13.0. The number of thiazole rings is 1. The van der Waals surface area contributed by atoms with Crippen LogP contribution in [-0.4, -0.2) is 50.4 Å². The minimum Gasteiger partial charge on any atom is -0.495 e. The Morgan fingerprint density at radius 3 is 2.60 bits per heavy atom. The van der Waals surface area contributed by atoms with Gasteiger partial charge in [-0.2, -0.15) is 4.31 Å². The molecule has 0 radical (unpaired) electrons. The van der Waals surface area contributed by atoms with Gasteiger partial charge in [-0.25, -0.2) is 13.4 Å². The number of aromatic nitrogens is 1. The van der Waals surface area contributed by atoms with Crippen LogP contribution in [0, 0.1) is 0 Å². The summed E-state index contributed by atoms with van der Waals surface area (Å²) in [5.74, 6) is 0.751. The molecule has 8 nitrogen and oxygen atoms in total. The second kappa shape index (κ2) is 8.31. The van der Waals surface area contributed by atoms with Gasteiger partial charge in [0, 0.05) is 6.54 Å². The van der Waals surface area contributed by atoms with Gasteiger partial charge in [0.25, 0.3) is 10.0 Å². The van der Waals surface area contributed by atoms with Gasteiger partial charge in [-0.3, -0.25) is 4.79 Å². The molecule has 2 aromatic heterocycles. The monoisotopic (exact) mass is 487 g/mol. The number of ether oxygens (including phenoxy) is 2. The second-order valence-corrected chi connectivity index (χ2v) is 11.3. The normalized spacial score (nSPS) is 17.4. The van der Waals surface area contributed by atoms with Gasteiger partial charge in [-0.15, -0.1) is 11.3 Å². The fraction of sp³-hybridized carbons (Fsp3) is 0.333. The van der Waals surface area contributed by atoms with Crippen LogP contribution < -0.4 is 14.8 Å². The van der Waals surface area contributed by atoms with E-state index in [0.29, 0.717) is 39.3 Å². The van der Waals surface area contributed by atoms with Gasteiger partial charge < -0.3 is 14.8 Å². The Morgan fingerprint density at radius 1 is 1.20 bits per heavy atom. The molecule has 1 amide bonds. The smallest absolute Gasteiger partial charge is 0.253 e. The molecule has 0 bridgehead atoms. The van der Waals surface area contributed by atoms with Crippen molar-refractivity contribution in [1.29, 1.82) is 0 Å². The number of sulfonamides is 1. The number of rotatable bonds is 6. The molecule has 4 rings (SSSR count). The Bertz CT molecular complexity index is 1170. The summed E-state index contributed by atoms with van der Waals surface area (Å²) in [4.78, 5) is 17.4. The Kier molecular flexibility index (Phi) is 5.90. The molecule has 1 aromatic carbocycles. The van der Waals surface area contributed by atoms with Crippen LogP contribution in [0.1, 0.15) is 12.8 Å². The highest BCUT2D eigenvalue weighted by Gasteiger charge is 2.40. The van der Waals surface area contributed by atoms with E-state index in [1.807, 2.05) is 0 Å². The van der Waals surface area contributed by atoms with E-state index in [1.54, 1.807) is 19.2 Å². The molecule has 0 aliphatic carbocycles. The first kappa shape index (κ1) is 21.3. The third kappa shape index (κ3) is 3.76. The Hall–Kier alpha value is -1.92. The van der Waals surface area contributed by atoms with E-state index in [4.69, 9.17) is 21.1 Å². The highest BCUT2D eigenvalue weighted by atomic mass is 35.5. The van der Waals surface area contributed by atoms with Crippen molar-refractivity contribution >= 4 is 65.6 Å². The third-order valence-corrected chi connectivity index (χ3v) is 9.35. The second-order valence-electron chi connectivity index (χ2n) is 6.49. The number of anilines is 1. The maximum Gasteiger partial charge on any atom is 0.253 e. The fourth-order valence-electron chi connectivity index (χ4n) is 3.37. The number of carbonyl (C=O) groups excluding carboxylic acids is 1. The summed E-state index contributed by atoms with van der Waals surface area (Å²) in [5.41, 5.74) is 0.571. The molecule has 0 spiro atoms. The van der Waals surface area contributed by atoms with Gasteiger partial charge in [0.15, 0.2) is 5.13 Å². The first-order valence-electron chi connectivity index (χ1n) is 8.94. The Balaban J connectivity index is 1.60. The van der Waals surface area contributed by atoms with Crippen molar-refractivity contribution in [3.05, 3.63) is 28.6 Å². The number of halogens is 1. The molecule has 3 aromatic rings. The number of carbonyl (C=O) groups is 1. The lowest BCUT2D eigenvalue weighted by atomic mass is 10.2. The molecule has 1 N–H and O–H groups in total. The molecule has 0 saturated carbocycles. The highest BCUT2D eigenvalue weighted by molar-refractivity contribution is 7.91. The summed E-state index contributed by atoms with van der Waals surface area (Å²) in [7, 11) is -0.709. The van der Waals surface area contributed by atoms with E-state index in [-0.39, 0.29) is 10.8 Å². The summed E-state index contributed by atoms with van der Waals surface area (Å²) in [6.07, 6.45) is 1.03. The van der Waals surface area contributed by atoms with Crippen LogP contribution in [0.25, 0.3) is 10.2 Å². The lowest BCUT2D eigenvalue weighted by Crippen LogP contribution is -2.42. The number of nitrogens with one attached hydrogen (secondary N) is 1. The number of fused-ring (bicyclic) bond motifs is 1. The molecule has 30 heavy (non-hydrogen) atoms. The summed E-state index contributed by atoms with van der Waals surface area (Å²) in [6.45, 7) is 0.275. The number of amides is 1. The van der Waals surface area contributed by atoms with Crippen molar-refractivity contribution in [2.45, 2.75) is 23.1 Å². The topological polar surface area (TPSA) is 97.8 Å². The van der Waals surface area contributed by atoms with Crippen molar-refractivity contribution in [1.82, 2.24) is 9.29 Å². The van der Waals surface area contributed by atoms with Gasteiger partial charge in [0.2, 0.25) is 5.91 Å². The average molecular weight is 488 g/mol. The highest BCUT2D eigenvalue weighted by Crippen LogP contribution is 2.39. The largest absolute Gasteiger partial charge is 0.495 e. The SMILES string of the molecule is COc1ccc(OC)c2sc(NC(=O)[C@@H]3CCCN3S(=O)(=O)c3ccc(Cl)s3)nc12. The van der Waals surface area contributed by atoms with Crippen LogP contribution in [0.4, 0.5) is 5.13 Å². The van der Waals surface area contributed by atoms with E-state index >= 15 is 0 Å². The van der Waals surface area contributed by atoms with Crippen LogP contribution >= 0.6 is 34.3 Å². The molecule has 1 saturated heterocycles. The summed E-state index contributed by atoms with van der Waals surface area (Å²) in [5, 5.41) is 3.11. The number of benzene rings is 1. The maximum atomic E-state index is 13.0. The number of hydrogen-bond acceptors (Lipinski definition) is 8. The molecule has 1 fully saturated rings. The number of nitrogens with zero attached hydrogens (tertiary/aromatic N) is 2. The zero-order chi connectivity index (χ0) is 21.5. The third-order valence-electron chi connectivity index (χ3n) is 4.76. The molecule has 1 atom stereocenters. The molecule has 0 unspecified atom stereocenters. The van der Waals surface area contributed by atoms with Gasteiger partial charge in [-0.05, 0) is 37.1 Å². The van der Waals surface area contributed by atoms with Crippen LogP contribution in [0.15, 0.2) is 28.5 Å². The quantitative estimate of drug-likeness (QED) is 0.567. The molecule has 3 heterocycles. The zero-order valence-corrected chi connectivity index (χ0v) is 19.3. The molecule has 1 aliphatic rings. The number of hydrogen-bond donors (Lipinski definition) is 1. The Labute approximate surface area is 186 Å². The van der Waals surface area contributed by atoms with Crippen molar-refractivity contribution in [2.75, 3.05) is 26.1 Å².